The van der Waals surface area contributed by atoms with Gasteiger partial charge >= 0.3 is 0 Å². The molecule has 2 aromatic rings. The monoisotopic (exact) mass is 503 g/mol. The second-order valence-electron chi connectivity index (χ2n) is 10.9. The molecule has 1 aromatic carbocycles. The summed E-state index contributed by atoms with van der Waals surface area (Å²) >= 11 is 0. The van der Waals surface area contributed by atoms with Crippen molar-refractivity contribution in [2.75, 3.05) is 18.7 Å². The van der Waals surface area contributed by atoms with Crippen molar-refractivity contribution in [3.05, 3.63) is 87.9 Å². The van der Waals surface area contributed by atoms with E-state index in [4.69, 9.17) is 4.74 Å². The van der Waals surface area contributed by atoms with Gasteiger partial charge in [-0.2, -0.15) is 0 Å². The van der Waals surface area contributed by atoms with Crippen molar-refractivity contribution in [1.29, 1.82) is 0 Å². The quantitative estimate of drug-likeness (QED) is 0.586. The third kappa shape index (κ3) is 4.19. The van der Waals surface area contributed by atoms with Gasteiger partial charge in [-0.15, -0.1) is 0 Å². The summed E-state index contributed by atoms with van der Waals surface area (Å²) in [5.41, 5.74) is 1.90. The minimum atomic E-state index is -0.548. The van der Waals surface area contributed by atoms with Crippen molar-refractivity contribution in [1.82, 2.24) is 9.58 Å². The topological polar surface area (TPSA) is 75.0 Å². The van der Waals surface area contributed by atoms with Crippen molar-refractivity contribution in [3.8, 4) is 5.75 Å². The van der Waals surface area contributed by atoms with Crippen LogP contribution in [-0.2, 0) is 11.2 Å². The number of amides is 1. The van der Waals surface area contributed by atoms with Gasteiger partial charge in [0.15, 0.2) is 11.4 Å². The molecular weight excluding hydrogens is 466 g/mol. The number of carbonyl (C=O) groups excluding carboxylic acids is 1. The van der Waals surface area contributed by atoms with Crippen molar-refractivity contribution >= 4 is 5.91 Å². The number of pyridine rings is 1. The van der Waals surface area contributed by atoms with E-state index < -0.39 is 11.2 Å². The molecule has 1 amide bonds. The normalized spacial score (nSPS) is 26.6. The number of aromatic hydroxyl groups is 1. The zero-order valence-corrected chi connectivity index (χ0v) is 22.1. The molecule has 0 saturated carbocycles. The molecule has 4 atom stereocenters. The number of rotatable bonds is 6. The molecular formula is C30H37N3O4. The van der Waals surface area contributed by atoms with Gasteiger partial charge in [-0.25, -0.2) is 0 Å². The molecule has 0 radical (unpaired) electrons. The number of aryl methyl sites for hydroxylation is 1. The number of nitrogens with zero attached hydrogens (tertiary/aromatic N) is 3. The van der Waals surface area contributed by atoms with E-state index >= 15 is 0 Å². The molecule has 196 valence electrons. The second kappa shape index (κ2) is 9.86. The third-order valence-electron chi connectivity index (χ3n) is 8.33. The maximum Gasteiger partial charge on any atom is 0.278 e. The zero-order valence-electron chi connectivity index (χ0n) is 22.1. The molecule has 2 aliphatic carbocycles. The Morgan fingerprint density at radius 2 is 1.95 bits per heavy atom. The minimum Gasteiger partial charge on any atom is -0.502 e. The first kappa shape index (κ1) is 25.3. The summed E-state index contributed by atoms with van der Waals surface area (Å²) in [6, 6.07) is 9.65. The van der Waals surface area contributed by atoms with E-state index in [-0.39, 0.29) is 41.2 Å². The standard InChI is InChI=1S/C30H37N3O4/c1-20(2)32-25(13-9-19-37-4)33(31-18-15-24(34)28(35)27(31)29(32)36)26-22-11-6-5-10-21(22)14-17-30(3)16-8-7-12-23(26)30/h5-8,10-12,15-16,18,20,23,25-26,35H,9,13-14,17,19H2,1-4H3. The van der Waals surface area contributed by atoms with Crippen LogP contribution in [0.15, 0.2) is 65.6 Å². The maximum atomic E-state index is 13.9. The van der Waals surface area contributed by atoms with Crippen molar-refractivity contribution < 1.29 is 14.6 Å². The molecule has 0 saturated heterocycles. The first-order chi connectivity index (χ1) is 17.8. The SMILES string of the molecule is COCCCC1N(C(C)C)C(=O)c2c(O)c(=O)ccn2N1C1c2ccccc2CCC2(C)C=CC=CC12. The predicted octanol–water partition coefficient (Wildman–Crippen LogP) is 4.54. The van der Waals surface area contributed by atoms with Gasteiger partial charge in [0.1, 0.15) is 6.17 Å². The molecule has 4 unspecified atom stereocenters. The minimum absolute atomic E-state index is 0.0305. The lowest BCUT2D eigenvalue weighted by Gasteiger charge is -2.54. The Labute approximate surface area is 218 Å². The van der Waals surface area contributed by atoms with E-state index in [0.29, 0.717) is 13.0 Å². The summed E-state index contributed by atoms with van der Waals surface area (Å²) in [5.74, 6) is -0.711. The van der Waals surface area contributed by atoms with E-state index in [1.807, 2.05) is 18.7 Å². The predicted molar refractivity (Wildman–Crippen MR) is 144 cm³/mol. The number of methoxy groups -OCH3 is 1. The second-order valence-corrected chi connectivity index (χ2v) is 10.9. The number of hydrogen-bond donors (Lipinski definition) is 1. The van der Waals surface area contributed by atoms with Crippen molar-refractivity contribution in [2.45, 2.75) is 64.7 Å². The Morgan fingerprint density at radius 1 is 1.16 bits per heavy atom. The molecule has 7 nitrogen and oxygen atoms in total. The fourth-order valence-corrected chi connectivity index (χ4v) is 6.48. The first-order valence-electron chi connectivity index (χ1n) is 13.3. The lowest BCUT2D eigenvalue weighted by atomic mass is 9.68. The van der Waals surface area contributed by atoms with Crippen LogP contribution in [0.3, 0.4) is 0 Å². The molecule has 5 rings (SSSR count). The molecule has 1 N–H and O–H groups in total. The lowest BCUT2D eigenvalue weighted by Crippen LogP contribution is -2.65. The van der Waals surface area contributed by atoms with Gasteiger partial charge in [0.05, 0.1) is 6.04 Å². The van der Waals surface area contributed by atoms with Crippen LogP contribution >= 0.6 is 0 Å². The average molecular weight is 504 g/mol. The van der Waals surface area contributed by atoms with E-state index in [9.17, 15) is 14.7 Å². The molecule has 3 aliphatic rings. The molecule has 0 bridgehead atoms. The Balaban J connectivity index is 1.79. The van der Waals surface area contributed by atoms with Crippen LogP contribution in [-0.4, -0.2) is 46.5 Å². The Morgan fingerprint density at radius 3 is 2.70 bits per heavy atom. The zero-order chi connectivity index (χ0) is 26.3. The van der Waals surface area contributed by atoms with E-state index in [1.54, 1.807) is 18.0 Å². The first-order valence-corrected chi connectivity index (χ1v) is 13.3. The highest BCUT2D eigenvalue weighted by molar-refractivity contribution is 5.96. The van der Waals surface area contributed by atoms with Crippen LogP contribution in [0.2, 0.25) is 0 Å². The van der Waals surface area contributed by atoms with Crippen molar-refractivity contribution in [3.63, 3.8) is 0 Å². The summed E-state index contributed by atoms with van der Waals surface area (Å²) in [6.45, 7) is 6.87. The van der Waals surface area contributed by atoms with Crippen LogP contribution in [0.5, 0.6) is 5.75 Å². The summed E-state index contributed by atoms with van der Waals surface area (Å²) in [4.78, 5) is 28.2. The van der Waals surface area contributed by atoms with Gasteiger partial charge in [0.2, 0.25) is 5.43 Å². The number of ether oxygens (including phenoxy) is 1. The van der Waals surface area contributed by atoms with Gasteiger partial charge in [-0.1, -0.05) is 55.5 Å². The number of carbonyl (C=O) groups is 1. The van der Waals surface area contributed by atoms with E-state index in [1.165, 1.54) is 17.2 Å². The molecule has 2 heterocycles. The van der Waals surface area contributed by atoms with Gasteiger partial charge < -0.3 is 14.7 Å². The van der Waals surface area contributed by atoms with Crippen LogP contribution in [0.4, 0.5) is 0 Å². The maximum absolute atomic E-state index is 13.9. The number of fused-ring (bicyclic) bond motifs is 3. The largest absolute Gasteiger partial charge is 0.502 e. The van der Waals surface area contributed by atoms with Crippen LogP contribution in [0.1, 0.15) is 67.7 Å². The highest BCUT2D eigenvalue weighted by Crippen LogP contribution is 2.51. The summed E-state index contributed by atoms with van der Waals surface area (Å²) in [5, 5.41) is 13.2. The van der Waals surface area contributed by atoms with Crippen LogP contribution in [0.25, 0.3) is 0 Å². The fraction of sp³-hybridized carbons (Fsp3) is 0.467. The Kier molecular flexibility index (Phi) is 6.75. The molecule has 0 spiro atoms. The molecule has 7 heteroatoms. The molecule has 0 fully saturated rings. The fourth-order valence-electron chi connectivity index (χ4n) is 6.48. The van der Waals surface area contributed by atoms with Crippen molar-refractivity contribution in [2.24, 2.45) is 11.3 Å². The Hall–Kier alpha value is -3.32. The average Bonchev–Trinajstić information content (AvgIpc) is 3.00. The van der Waals surface area contributed by atoms with Gasteiger partial charge in [-0.3, -0.25) is 19.3 Å². The lowest BCUT2D eigenvalue weighted by molar-refractivity contribution is 0.0380. The summed E-state index contributed by atoms with van der Waals surface area (Å²) in [6.07, 6.45) is 13.6. The van der Waals surface area contributed by atoms with Gasteiger partial charge in [0.25, 0.3) is 5.91 Å². The molecule has 37 heavy (non-hydrogen) atoms. The molecule has 1 aliphatic heterocycles. The number of hydrogen-bond acceptors (Lipinski definition) is 5. The van der Waals surface area contributed by atoms with Crippen LogP contribution in [0, 0.1) is 11.3 Å². The molecule has 1 aromatic heterocycles. The highest BCUT2D eigenvalue weighted by atomic mass is 16.5. The van der Waals surface area contributed by atoms with Crippen LogP contribution < -0.4 is 10.4 Å². The number of benzene rings is 1. The highest BCUT2D eigenvalue weighted by Gasteiger charge is 2.49. The number of aromatic nitrogens is 1. The van der Waals surface area contributed by atoms with Gasteiger partial charge in [0, 0.05) is 37.9 Å². The summed E-state index contributed by atoms with van der Waals surface area (Å²) < 4.78 is 7.15. The van der Waals surface area contributed by atoms with E-state index in [2.05, 4.69) is 60.5 Å². The summed E-state index contributed by atoms with van der Waals surface area (Å²) in [7, 11) is 1.69. The van der Waals surface area contributed by atoms with Gasteiger partial charge in [-0.05, 0) is 56.1 Å². The smallest absolute Gasteiger partial charge is 0.278 e. The van der Waals surface area contributed by atoms with E-state index in [0.717, 1.165) is 19.3 Å². The number of allylic oxidation sites excluding steroid dienone is 3. The third-order valence-corrected chi connectivity index (χ3v) is 8.33. The Bertz CT molecular complexity index is 1300.